The summed E-state index contributed by atoms with van der Waals surface area (Å²) in [6, 6.07) is 4.45. The molecule has 0 unspecified atom stereocenters. The molecule has 2 aromatic heterocycles. The number of imidazole rings is 1. The van der Waals surface area contributed by atoms with Gasteiger partial charge in [0.1, 0.15) is 0 Å². The molecule has 0 radical (unpaired) electrons. The Morgan fingerprint density at radius 3 is 2.77 bits per heavy atom. The summed E-state index contributed by atoms with van der Waals surface area (Å²) in [6.07, 6.45) is 5.68. The highest BCUT2D eigenvalue weighted by Crippen LogP contribution is 2.28. The van der Waals surface area contributed by atoms with Crippen molar-refractivity contribution in [3.8, 4) is 0 Å². The van der Waals surface area contributed by atoms with Gasteiger partial charge in [-0.1, -0.05) is 15.9 Å². The predicted molar refractivity (Wildman–Crippen MR) is 120 cm³/mol. The number of carboxylic acids is 1. The Hall–Kier alpha value is -2.54. The van der Waals surface area contributed by atoms with E-state index in [-0.39, 0.29) is 27.6 Å². The van der Waals surface area contributed by atoms with Crippen LogP contribution in [0.3, 0.4) is 0 Å². The van der Waals surface area contributed by atoms with Crippen LogP contribution in [-0.2, 0) is 16.6 Å². The van der Waals surface area contributed by atoms with Crippen LogP contribution < -0.4 is 10.0 Å². The normalized spacial score (nSPS) is 11.4. The highest BCUT2D eigenvalue weighted by Gasteiger charge is 2.24. The minimum absolute atomic E-state index is 0.0274. The number of nitrogens with zero attached hydrogens (tertiary/aromatic N) is 2. The quantitative estimate of drug-likeness (QED) is 0.366. The monoisotopic (exact) mass is 526 g/mol. The molecule has 31 heavy (non-hydrogen) atoms. The van der Waals surface area contributed by atoms with E-state index in [9.17, 15) is 23.1 Å². The Kier molecular flexibility index (Phi) is 7.26. The minimum atomic E-state index is -3.79. The smallest absolute Gasteiger partial charge is 0.337 e. The van der Waals surface area contributed by atoms with Gasteiger partial charge in [-0.2, -0.15) is 0 Å². The minimum Gasteiger partial charge on any atom is -0.478 e. The molecule has 0 bridgehead atoms. The van der Waals surface area contributed by atoms with Crippen molar-refractivity contribution in [3.05, 3.63) is 62.8 Å². The zero-order chi connectivity index (χ0) is 22.6. The third-order valence-corrected chi connectivity index (χ3v) is 7.70. The number of rotatable bonds is 9. The Balaban J connectivity index is 1.70. The molecule has 164 valence electrons. The number of carbonyl (C=O) groups excluding carboxylic acids is 1. The Morgan fingerprint density at radius 2 is 2.10 bits per heavy atom. The van der Waals surface area contributed by atoms with Crippen molar-refractivity contribution >= 4 is 54.9 Å². The maximum atomic E-state index is 12.7. The Bertz CT molecular complexity index is 1210. The van der Waals surface area contributed by atoms with Crippen LogP contribution >= 0.6 is 27.3 Å². The van der Waals surface area contributed by atoms with Crippen LogP contribution in [0.25, 0.3) is 0 Å². The van der Waals surface area contributed by atoms with E-state index in [0.29, 0.717) is 23.0 Å². The zero-order valence-corrected chi connectivity index (χ0v) is 19.6. The third-order valence-electron chi connectivity index (χ3n) is 4.39. The number of hydrogen-bond acceptors (Lipinski definition) is 6. The number of carbonyl (C=O) groups is 2. The lowest BCUT2D eigenvalue weighted by Gasteiger charge is -2.09. The van der Waals surface area contributed by atoms with Gasteiger partial charge in [-0.25, -0.2) is 22.9 Å². The summed E-state index contributed by atoms with van der Waals surface area (Å²) in [7, 11) is -3.79. The highest BCUT2D eigenvalue weighted by atomic mass is 79.9. The van der Waals surface area contributed by atoms with Crippen molar-refractivity contribution in [1.82, 2.24) is 14.3 Å². The summed E-state index contributed by atoms with van der Waals surface area (Å²) in [5, 5.41) is 13.3. The van der Waals surface area contributed by atoms with Crippen molar-refractivity contribution in [1.29, 1.82) is 0 Å². The predicted octanol–water partition coefficient (Wildman–Crippen LogP) is 3.33. The topological polar surface area (TPSA) is 130 Å². The van der Waals surface area contributed by atoms with Crippen LogP contribution in [0.1, 0.15) is 32.0 Å². The summed E-state index contributed by atoms with van der Waals surface area (Å²) in [5.41, 5.74) is 0.346. The number of amides is 1. The molecule has 0 saturated carbocycles. The molecule has 0 aliphatic heterocycles. The van der Waals surface area contributed by atoms with Gasteiger partial charge in [0.25, 0.3) is 5.91 Å². The summed E-state index contributed by atoms with van der Waals surface area (Å²) in [5.74, 6) is -1.77. The van der Waals surface area contributed by atoms with Crippen LogP contribution in [0, 0.1) is 6.92 Å². The van der Waals surface area contributed by atoms with Crippen LogP contribution in [0.15, 0.2) is 51.7 Å². The second-order valence-electron chi connectivity index (χ2n) is 6.56. The first-order valence-corrected chi connectivity index (χ1v) is 12.2. The number of hydrogen-bond donors (Lipinski definition) is 3. The average Bonchev–Trinajstić information content (AvgIpc) is 3.36. The number of anilines is 1. The summed E-state index contributed by atoms with van der Waals surface area (Å²) in [4.78, 5) is 28.3. The van der Waals surface area contributed by atoms with E-state index in [0.717, 1.165) is 11.3 Å². The molecule has 0 aliphatic rings. The molecule has 3 rings (SSSR count). The van der Waals surface area contributed by atoms with Crippen molar-refractivity contribution in [2.75, 3.05) is 11.9 Å². The lowest BCUT2D eigenvalue weighted by atomic mass is 10.1. The van der Waals surface area contributed by atoms with Gasteiger partial charge in [0.05, 0.1) is 27.4 Å². The van der Waals surface area contributed by atoms with E-state index >= 15 is 0 Å². The summed E-state index contributed by atoms with van der Waals surface area (Å²) >= 11 is 4.18. The van der Waals surface area contributed by atoms with Crippen LogP contribution in [-0.4, -0.2) is 41.5 Å². The lowest BCUT2D eigenvalue weighted by Crippen LogP contribution is -2.26. The number of aryl methyl sites for hydroxylation is 1. The summed E-state index contributed by atoms with van der Waals surface area (Å²) in [6.45, 7) is 2.40. The lowest BCUT2D eigenvalue weighted by molar-refractivity contribution is 0.0698. The fourth-order valence-corrected chi connectivity index (χ4v) is 5.83. The molecule has 9 nitrogen and oxygen atoms in total. The Morgan fingerprint density at radius 1 is 1.32 bits per heavy atom. The van der Waals surface area contributed by atoms with Gasteiger partial charge in [-0.05, 0) is 37.1 Å². The number of benzene rings is 1. The molecule has 0 fully saturated rings. The first-order chi connectivity index (χ1) is 14.7. The van der Waals surface area contributed by atoms with Crippen LogP contribution in [0.4, 0.5) is 5.69 Å². The number of aromatic nitrogens is 2. The van der Waals surface area contributed by atoms with Crippen molar-refractivity contribution in [2.45, 2.75) is 24.8 Å². The number of nitrogens with one attached hydrogen (secondary N) is 2. The number of carboxylic acid groups (broad SMARTS) is 1. The molecule has 0 spiro atoms. The van der Waals surface area contributed by atoms with E-state index in [4.69, 9.17) is 0 Å². The highest BCUT2D eigenvalue weighted by molar-refractivity contribution is 9.10. The van der Waals surface area contributed by atoms with Gasteiger partial charge in [0, 0.05) is 35.3 Å². The van der Waals surface area contributed by atoms with E-state index in [1.807, 2.05) is 4.57 Å². The molecule has 1 amide bonds. The number of halogens is 1. The molecular formula is C19H19BrN4O5S2. The summed E-state index contributed by atoms with van der Waals surface area (Å²) < 4.78 is 30.2. The van der Waals surface area contributed by atoms with Gasteiger partial charge < -0.3 is 15.0 Å². The van der Waals surface area contributed by atoms with Crippen molar-refractivity contribution in [3.63, 3.8) is 0 Å². The number of sulfonamides is 1. The van der Waals surface area contributed by atoms with Gasteiger partial charge >= 0.3 is 5.97 Å². The van der Waals surface area contributed by atoms with Crippen LogP contribution in [0.2, 0.25) is 0 Å². The average molecular weight is 527 g/mol. The van der Waals surface area contributed by atoms with Gasteiger partial charge in [0.2, 0.25) is 10.0 Å². The zero-order valence-electron chi connectivity index (χ0n) is 16.3. The van der Waals surface area contributed by atoms with Crippen molar-refractivity contribution in [2.24, 2.45) is 0 Å². The largest absolute Gasteiger partial charge is 0.478 e. The van der Waals surface area contributed by atoms with E-state index in [2.05, 4.69) is 31.0 Å². The molecule has 3 N–H and O–H groups in total. The fraction of sp³-hybridized carbons (Fsp3) is 0.211. The molecule has 12 heteroatoms. The van der Waals surface area contributed by atoms with E-state index < -0.39 is 21.9 Å². The van der Waals surface area contributed by atoms with Gasteiger partial charge in [0.15, 0.2) is 0 Å². The van der Waals surface area contributed by atoms with E-state index in [1.54, 1.807) is 31.7 Å². The molecule has 0 atom stereocenters. The van der Waals surface area contributed by atoms with Gasteiger partial charge in [-0.3, -0.25) is 4.79 Å². The second kappa shape index (κ2) is 9.73. The molecule has 3 aromatic rings. The number of thiophene rings is 1. The SMILES string of the molecule is Cc1c(S(=O)(=O)NCCCn2ccnc2)csc1C(=O)Nc1ccc(Br)cc1C(=O)O. The maximum absolute atomic E-state index is 12.7. The molecule has 2 heterocycles. The van der Waals surface area contributed by atoms with Crippen molar-refractivity contribution < 1.29 is 23.1 Å². The molecule has 0 saturated heterocycles. The van der Waals surface area contributed by atoms with Gasteiger partial charge in [-0.15, -0.1) is 11.3 Å². The van der Waals surface area contributed by atoms with Crippen LogP contribution in [0.5, 0.6) is 0 Å². The first kappa shape index (κ1) is 23.1. The fourth-order valence-electron chi connectivity index (χ4n) is 2.84. The number of aromatic carboxylic acids is 1. The standard InChI is InChI=1S/C19H19BrN4O5S2/c1-12-16(31(28,29)22-5-2-7-24-8-6-21-11-24)10-30-17(12)18(25)23-15-4-3-13(20)9-14(15)19(26)27/h3-4,6,8-11,22H,2,5,7H2,1H3,(H,23,25)(H,26,27). The molecular weight excluding hydrogens is 508 g/mol. The third kappa shape index (κ3) is 5.58. The molecule has 1 aromatic carbocycles. The maximum Gasteiger partial charge on any atom is 0.337 e. The first-order valence-electron chi connectivity index (χ1n) is 9.06. The Labute approximate surface area is 191 Å². The second-order valence-corrected chi connectivity index (χ2v) is 10.1. The molecule has 0 aliphatic carbocycles. The van der Waals surface area contributed by atoms with E-state index in [1.165, 1.54) is 17.5 Å².